The van der Waals surface area contributed by atoms with Crippen molar-refractivity contribution in [3.05, 3.63) is 23.8 Å². The smallest absolute Gasteiger partial charge is 0.320 e. The van der Waals surface area contributed by atoms with Gasteiger partial charge in [-0.3, -0.25) is 4.79 Å². The zero-order chi connectivity index (χ0) is 15.5. The van der Waals surface area contributed by atoms with Gasteiger partial charge in [0.1, 0.15) is 6.04 Å². The van der Waals surface area contributed by atoms with Gasteiger partial charge in [0.05, 0.1) is 0 Å². The molecule has 0 aromatic carbocycles. The van der Waals surface area contributed by atoms with E-state index in [0.29, 0.717) is 13.0 Å². The van der Waals surface area contributed by atoms with E-state index in [1.54, 1.807) is 5.57 Å². The summed E-state index contributed by atoms with van der Waals surface area (Å²) in [5, 5.41) is 8.33. The van der Waals surface area contributed by atoms with Crippen molar-refractivity contribution in [2.75, 3.05) is 6.54 Å². The Kier molecular flexibility index (Phi) is 10.0. The average Bonchev–Trinajstić information content (AvgIpc) is 2.40. The van der Waals surface area contributed by atoms with Crippen LogP contribution < -0.4 is 11.5 Å². The molecule has 0 aromatic rings. The van der Waals surface area contributed by atoms with Crippen molar-refractivity contribution < 1.29 is 9.90 Å². The van der Waals surface area contributed by atoms with Crippen LogP contribution in [0.2, 0.25) is 0 Å². The molecule has 1 aliphatic rings. The van der Waals surface area contributed by atoms with Crippen molar-refractivity contribution in [1.82, 2.24) is 0 Å². The third kappa shape index (κ3) is 8.88. The Morgan fingerprint density at radius 1 is 1.55 bits per heavy atom. The Morgan fingerprint density at radius 2 is 2.20 bits per heavy atom. The van der Waals surface area contributed by atoms with Crippen LogP contribution in [0.4, 0.5) is 0 Å². The molecule has 20 heavy (non-hydrogen) atoms. The molecule has 116 valence electrons. The number of aliphatic carboxylic acids is 1. The first-order chi connectivity index (χ1) is 9.38. The quantitative estimate of drug-likeness (QED) is 0.516. The lowest BCUT2D eigenvalue weighted by atomic mass is 9.86. The summed E-state index contributed by atoms with van der Waals surface area (Å²) in [6.45, 7) is 8.93. The monoisotopic (exact) mass is 282 g/mol. The number of hydrogen-bond donors (Lipinski definition) is 3. The summed E-state index contributed by atoms with van der Waals surface area (Å²) in [4.78, 5) is 10.1. The van der Waals surface area contributed by atoms with E-state index < -0.39 is 12.0 Å². The maximum absolute atomic E-state index is 10.1. The van der Waals surface area contributed by atoms with Gasteiger partial charge in [-0.1, -0.05) is 30.2 Å². The van der Waals surface area contributed by atoms with E-state index in [1.165, 1.54) is 24.8 Å². The van der Waals surface area contributed by atoms with Crippen LogP contribution in [-0.4, -0.2) is 23.7 Å². The highest BCUT2D eigenvalue weighted by molar-refractivity contribution is 5.72. The normalized spacial score (nSPS) is 19.4. The zero-order valence-electron chi connectivity index (χ0n) is 12.9. The van der Waals surface area contributed by atoms with Gasteiger partial charge >= 0.3 is 5.97 Å². The second-order valence-corrected chi connectivity index (χ2v) is 5.60. The zero-order valence-corrected chi connectivity index (χ0v) is 12.9. The van der Waals surface area contributed by atoms with Crippen molar-refractivity contribution >= 4 is 5.97 Å². The first kappa shape index (κ1) is 18.9. The predicted octanol–water partition coefficient (Wildman–Crippen LogP) is 2.84. The molecule has 0 aromatic heterocycles. The molecular weight excluding hydrogens is 252 g/mol. The van der Waals surface area contributed by atoms with Crippen LogP contribution >= 0.6 is 0 Å². The summed E-state index contributed by atoms with van der Waals surface area (Å²) in [5.41, 5.74) is 13.3. The lowest BCUT2D eigenvalue weighted by molar-refractivity contribution is -0.138. The number of hydrogen-bond acceptors (Lipinski definition) is 3. The SMILES string of the molecule is C=C(C)C1CC=C(C)CC1.NCCCC[C@H](N)C(=O)O. The molecule has 0 bridgehead atoms. The van der Waals surface area contributed by atoms with Crippen LogP contribution in [0, 0.1) is 5.92 Å². The van der Waals surface area contributed by atoms with Crippen molar-refractivity contribution in [2.24, 2.45) is 17.4 Å². The minimum absolute atomic E-state index is 0.520. The van der Waals surface area contributed by atoms with Gasteiger partial charge in [-0.2, -0.15) is 0 Å². The largest absolute Gasteiger partial charge is 0.480 e. The Balaban J connectivity index is 0.000000361. The Bertz CT molecular complexity index is 337. The van der Waals surface area contributed by atoms with Crippen LogP contribution in [0.3, 0.4) is 0 Å². The van der Waals surface area contributed by atoms with Crippen molar-refractivity contribution in [3.8, 4) is 0 Å². The molecule has 0 radical (unpaired) electrons. The van der Waals surface area contributed by atoms with Gasteiger partial charge in [-0.25, -0.2) is 0 Å². The summed E-state index contributed by atoms with van der Waals surface area (Å²) in [6.07, 6.45) is 8.33. The minimum atomic E-state index is -0.933. The number of carbonyl (C=O) groups is 1. The fourth-order valence-electron chi connectivity index (χ4n) is 2.04. The molecule has 2 atom stereocenters. The van der Waals surface area contributed by atoms with Crippen LogP contribution in [-0.2, 0) is 4.79 Å². The van der Waals surface area contributed by atoms with E-state index in [4.69, 9.17) is 16.6 Å². The topological polar surface area (TPSA) is 89.3 Å². The Labute approximate surface area is 122 Å². The fourth-order valence-corrected chi connectivity index (χ4v) is 2.04. The van der Waals surface area contributed by atoms with Gasteiger partial charge in [0.2, 0.25) is 0 Å². The Morgan fingerprint density at radius 3 is 2.60 bits per heavy atom. The number of carboxylic acid groups (broad SMARTS) is 1. The van der Waals surface area contributed by atoms with Crippen molar-refractivity contribution in [1.29, 1.82) is 0 Å². The van der Waals surface area contributed by atoms with Gasteiger partial charge in [-0.05, 0) is 58.4 Å². The van der Waals surface area contributed by atoms with Gasteiger partial charge in [0.15, 0.2) is 0 Å². The number of nitrogens with two attached hydrogens (primary N) is 2. The molecule has 0 fully saturated rings. The highest BCUT2D eigenvalue weighted by Crippen LogP contribution is 2.27. The molecule has 4 heteroatoms. The second kappa shape index (κ2) is 10.6. The lowest BCUT2D eigenvalue weighted by Gasteiger charge is -2.19. The number of rotatable bonds is 6. The molecular formula is C16H30N2O2. The van der Waals surface area contributed by atoms with E-state index in [-0.39, 0.29) is 0 Å². The molecule has 1 rings (SSSR count). The van der Waals surface area contributed by atoms with Gasteiger partial charge < -0.3 is 16.6 Å². The molecule has 0 amide bonds. The van der Waals surface area contributed by atoms with E-state index in [0.717, 1.165) is 18.8 Å². The van der Waals surface area contributed by atoms with Crippen LogP contribution in [0.15, 0.2) is 23.8 Å². The summed E-state index contributed by atoms with van der Waals surface area (Å²) < 4.78 is 0. The standard InChI is InChI=1S/C10H16.C6H14N2O2/c1-8(2)10-6-4-9(3)5-7-10;7-4-2-1-3-5(8)6(9)10/h4,10H,1,5-7H2,2-3H3;5H,1-4,7-8H2,(H,9,10)/t;5-/m.0/s1. The predicted molar refractivity (Wildman–Crippen MR) is 84.4 cm³/mol. The number of carboxylic acids is 1. The van der Waals surface area contributed by atoms with E-state index in [2.05, 4.69) is 26.5 Å². The maximum atomic E-state index is 10.1. The summed E-state index contributed by atoms with van der Waals surface area (Å²) in [5.74, 6) is -0.166. The molecule has 0 saturated heterocycles. The van der Waals surface area contributed by atoms with Crippen molar-refractivity contribution in [2.45, 2.75) is 58.4 Å². The Hall–Kier alpha value is -1.13. The van der Waals surface area contributed by atoms with Gasteiger partial charge in [-0.15, -0.1) is 0 Å². The fraction of sp³-hybridized carbons (Fsp3) is 0.688. The van der Waals surface area contributed by atoms with Crippen molar-refractivity contribution in [3.63, 3.8) is 0 Å². The molecule has 0 saturated carbocycles. The number of unbranched alkanes of at least 4 members (excludes halogenated alkanes) is 1. The minimum Gasteiger partial charge on any atom is -0.480 e. The van der Waals surface area contributed by atoms with Crippen LogP contribution in [0.1, 0.15) is 52.4 Å². The van der Waals surface area contributed by atoms with E-state index in [9.17, 15) is 4.79 Å². The van der Waals surface area contributed by atoms with Gasteiger partial charge in [0, 0.05) is 0 Å². The third-order valence-electron chi connectivity index (χ3n) is 3.62. The first-order valence-electron chi connectivity index (χ1n) is 7.38. The van der Waals surface area contributed by atoms with Crippen LogP contribution in [0.5, 0.6) is 0 Å². The molecule has 0 heterocycles. The molecule has 0 aliphatic heterocycles. The maximum Gasteiger partial charge on any atom is 0.320 e. The molecule has 1 aliphatic carbocycles. The first-order valence-corrected chi connectivity index (χ1v) is 7.38. The average molecular weight is 282 g/mol. The van der Waals surface area contributed by atoms with Crippen LogP contribution in [0.25, 0.3) is 0 Å². The lowest BCUT2D eigenvalue weighted by Crippen LogP contribution is -2.29. The molecule has 0 spiro atoms. The highest BCUT2D eigenvalue weighted by atomic mass is 16.4. The van der Waals surface area contributed by atoms with E-state index in [1.807, 2.05) is 0 Å². The number of allylic oxidation sites excluding steroid dienone is 3. The second-order valence-electron chi connectivity index (χ2n) is 5.60. The summed E-state index contributed by atoms with van der Waals surface area (Å²) in [7, 11) is 0. The summed E-state index contributed by atoms with van der Waals surface area (Å²) in [6, 6.07) is -0.716. The molecule has 1 unspecified atom stereocenters. The van der Waals surface area contributed by atoms with E-state index >= 15 is 0 Å². The van der Waals surface area contributed by atoms with Gasteiger partial charge in [0.25, 0.3) is 0 Å². The third-order valence-corrected chi connectivity index (χ3v) is 3.62. The highest BCUT2D eigenvalue weighted by Gasteiger charge is 2.11. The molecule has 5 N–H and O–H groups in total. The summed E-state index contributed by atoms with van der Waals surface area (Å²) >= 11 is 0. The molecule has 4 nitrogen and oxygen atoms in total.